The van der Waals surface area contributed by atoms with Crippen molar-refractivity contribution in [3.8, 4) is 0 Å². The fourth-order valence-corrected chi connectivity index (χ4v) is 4.54. The van der Waals surface area contributed by atoms with Gasteiger partial charge in [-0.1, -0.05) is 24.3 Å². The molecule has 2 amide bonds. The monoisotopic (exact) mass is 469 g/mol. The summed E-state index contributed by atoms with van der Waals surface area (Å²) >= 11 is 0. The van der Waals surface area contributed by atoms with Gasteiger partial charge in [0.15, 0.2) is 5.78 Å². The van der Waals surface area contributed by atoms with Gasteiger partial charge in [-0.05, 0) is 81.3 Å². The van der Waals surface area contributed by atoms with E-state index in [2.05, 4.69) is 10.6 Å². The van der Waals surface area contributed by atoms with Crippen LogP contribution in [0, 0.1) is 11.7 Å². The zero-order valence-corrected chi connectivity index (χ0v) is 19.4. The van der Waals surface area contributed by atoms with Crippen LogP contribution in [-0.2, 0) is 11.2 Å². The molecule has 182 valence electrons. The molecule has 0 bridgehead atoms. The minimum atomic E-state index is -0.840. The molecule has 0 unspecified atom stereocenters. The molecule has 3 rings (SSSR count). The topological polar surface area (TPSA) is 98.7 Å². The second-order valence-electron chi connectivity index (χ2n) is 8.90. The molecule has 3 N–H and O–H groups in total. The Kier molecular flexibility index (Phi) is 9.16. The lowest BCUT2D eigenvalue weighted by Crippen LogP contribution is -2.45. The number of carbonyl (C=O) groups excluding carboxylic acids is 2. The Morgan fingerprint density at radius 2 is 1.91 bits per heavy atom. The minimum absolute atomic E-state index is 0.00827. The number of benzene rings is 2. The number of anilines is 1. The molecule has 1 aliphatic heterocycles. The van der Waals surface area contributed by atoms with Crippen molar-refractivity contribution in [2.24, 2.45) is 5.92 Å². The summed E-state index contributed by atoms with van der Waals surface area (Å²) in [7, 11) is 0. The van der Waals surface area contributed by atoms with E-state index in [4.69, 9.17) is 0 Å². The zero-order valence-electron chi connectivity index (χ0n) is 19.4. The van der Waals surface area contributed by atoms with E-state index in [1.807, 2.05) is 17.0 Å². The van der Waals surface area contributed by atoms with Crippen LogP contribution < -0.4 is 10.6 Å². The Labute approximate surface area is 199 Å². The first-order valence-electron chi connectivity index (χ1n) is 11.7. The van der Waals surface area contributed by atoms with Crippen LogP contribution in [0.1, 0.15) is 48.5 Å². The first-order valence-corrected chi connectivity index (χ1v) is 11.7. The van der Waals surface area contributed by atoms with Gasteiger partial charge in [-0.25, -0.2) is 9.18 Å². The number of amides is 2. The fraction of sp³-hybridized carbons (Fsp3) is 0.423. The van der Waals surface area contributed by atoms with E-state index < -0.39 is 5.97 Å². The first kappa shape index (κ1) is 25.4. The maximum Gasteiger partial charge on any atom is 0.319 e. The Bertz CT molecular complexity index is 996. The molecule has 0 aromatic heterocycles. The van der Waals surface area contributed by atoms with Crippen molar-refractivity contribution in [2.45, 2.75) is 45.1 Å². The number of carboxylic acid groups (broad SMARTS) is 1. The number of nitrogens with zero attached hydrogens (tertiary/aromatic N) is 1. The Morgan fingerprint density at radius 1 is 1.15 bits per heavy atom. The number of hydrogen-bond donors (Lipinski definition) is 3. The highest BCUT2D eigenvalue weighted by Gasteiger charge is 2.29. The molecule has 7 nitrogen and oxygen atoms in total. The number of halogens is 1. The first-order chi connectivity index (χ1) is 16.3. The average molecular weight is 470 g/mol. The molecule has 1 heterocycles. The molecule has 0 saturated carbocycles. The summed E-state index contributed by atoms with van der Waals surface area (Å²) in [6, 6.07) is 13.1. The molecule has 1 aliphatic rings. The number of urea groups is 1. The van der Waals surface area contributed by atoms with Crippen molar-refractivity contribution < 1.29 is 23.9 Å². The van der Waals surface area contributed by atoms with Crippen LogP contribution in [0.15, 0.2) is 48.5 Å². The van der Waals surface area contributed by atoms with Gasteiger partial charge in [-0.15, -0.1) is 0 Å². The lowest BCUT2D eigenvalue weighted by molar-refractivity contribution is -0.139. The number of carbonyl (C=O) groups is 3. The third-order valence-corrected chi connectivity index (χ3v) is 6.25. The summed E-state index contributed by atoms with van der Waals surface area (Å²) in [6.45, 7) is 2.65. The van der Waals surface area contributed by atoms with Crippen molar-refractivity contribution in [2.75, 3.05) is 25.0 Å². The van der Waals surface area contributed by atoms with E-state index in [0.29, 0.717) is 36.7 Å². The summed E-state index contributed by atoms with van der Waals surface area (Å²) in [6.07, 6.45) is 4.10. The second kappa shape index (κ2) is 12.3. The molecule has 0 radical (unpaired) electrons. The fourth-order valence-electron chi connectivity index (χ4n) is 4.54. The number of nitrogens with one attached hydrogen (secondary N) is 2. The molecule has 2 atom stereocenters. The van der Waals surface area contributed by atoms with E-state index in [9.17, 15) is 23.9 Å². The van der Waals surface area contributed by atoms with Crippen molar-refractivity contribution in [1.29, 1.82) is 0 Å². The molecular weight excluding hydrogens is 437 g/mol. The predicted molar refractivity (Wildman–Crippen MR) is 129 cm³/mol. The number of ketones is 1. The van der Waals surface area contributed by atoms with E-state index in [0.717, 1.165) is 31.2 Å². The SMILES string of the molecule is CC(=O)c1cccc(NC(=O)NCCC[C@H]2C[C@H](Cc3ccc(F)cc3)CCN2CC(=O)O)c1. The molecule has 0 aliphatic carbocycles. The summed E-state index contributed by atoms with van der Waals surface area (Å²) in [5.74, 6) is -0.751. The van der Waals surface area contributed by atoms with Gasteiger partial charge in [-0.3, -0.25) is 14.5 Å². The highest BCUT2D eigenvalue weighted by molar-refractivity contribution is 5.96. The van der Waals surface area contributed by atoms with Gasteiger partial charge in [0.1, 0.15) is 5.82 Å². The number of piperidine rings is 1. The van der Waals surface area contributed by atoms with Gasteiger partial charge in [0.2, 0.25) is 0 Å². The predicted octanol–water partition coefficient (Wildman–Crippen LogP) is 4.34. The van der Waals surface area contributed by atoms with E-state index >= 15 is 0 Å². The second-order valence-corrected chi connectivity index (χ2v) is 8.90. The van der Waals surface area contributed by atoms with Crippen molar-refractivity contribution >= 4 is 23.5 Å². The van der Waals surface area contributed by atoms with Gasteiger partial charge < -0.3 is 15.7 Å². The van der Waals surface area contributed by atoms with Crippen LogP contribution in [0.25, 0.3) is 0 Å². The number of hydrogen-bond acceptors (Lipinski definition) is 4. The van der Waals surface area contributed by atoms with Crippen LogP contribution in [0.4, 0.5) is 14.9 Å². The maximum atomic E-state index is 13.2. The number of carboxylic acids is 1. The summed E-state index contributed by atoms with van der Waals surface area (Å²) in [5, 5.41) is 14.8. The summed E-state index contributed by atoms with van der Waals surface area (Å²) in [4.78, 5) is 37.0. The quantitative estimate of drug-likeness (QED) is 0.355. The number of Topliss-reactive ketones (excluding diaryl/α,β-unsaturated/α-hetero) is 1. The number of aliphatic carboxylic acids is 1. The minimum Gasteiger partial charge on any atom is -0.480 e. The van der Waals surface area contributed by atoms with Gasteiger partial charge >= 0.3 is 12.0 Å². The van der Waals surface area contributed by atoms with Crippen LogP contribution in [0.5, 0.6) is 0 Å². The van der Waals surface area contributed by atoms with Gasteiger partial charge in [0, 0.05) is 23.8 Å². The largest absolute Gasteiger partial charge is 0.480 e. The smallest absolute Gasteiger partial charge is 0.319 e. The highest BCUT2D eigenvalue weighted by Crippen LogP contribution is 2.28. The van der Waals surface area contributed by atoms with E-state index in [-0.39, 0.29) is 30.2 Å². The highest BCUT2D eigenvalue weighted by atomic mass is 19.1. The van der Waals surface area contributed by atoms with E-state index in [1.54, 1.807) is 24.3 Å². The molecular formula is C26H32FN3O4. The maximum absolute atomic E-state index is 13.2. The van der Waals surface area contributed by atoms with Gasteiger partial charge in [0.05, 0.1) is 6.54 Å². The molecule has 2 aromatic rings. The molecule has 0 spiro atoms. The van der Waals surface area contributed by atoms with E-state index in [1.165, 1.54) is 19.1 Å². The Hall–Kier alpha value is -3.26. The Morgan fingerprint density at radius 3 is 2.62 bits per heavy atom. The van der Waals surface area contributed by atoms with Gasteiger partial charge in [-0.2, -0.15) is 0 Å². The normalized spacial score (nSPS) is 18.3. The van der Waals surface area contributed by atoms with Crippen molar-refractivity contribution in [3.63, 3.8) is 0 Å². The lowest BCUT2D eigenvalue weighted by atomic mass is 9.84. The molecule has 1 saturated heterocycles. The lowest BCUT2D eigenvalue weighted by Gasteiger charge is -2.39. The van der Waals surface area contributed by atoms with Crippen molar-refractivity contribution in [1.82, 2.24) is 10.2 Å². The summed E-state index contributed by atoms with van der Waals surface area (Å²) in [5.41, 5.74) is 2.17. The molecule has 1 fully saturated rings. The van der Waals surface area contributed by atoms with Crippen molar-refractivity contribution in [3.05, 3.63) is 65.5 Å². The number of rotatable bonds is 10. The third-order valence-electron chi connectivity index (χ3n) is 6.25. The standard InChI is InChI=1S/C26H32FN3O4/c1-18(31)21-4-2-5-23(16-21)29-26(34)28-12-3-6-24-15-20(11-13-30(24)17-25(32)33)14-19-7-9-22(27)10-8-19/h2,4-5,7-10,16,20,24H,3,6,11-15,17H2,1H3,(H,32,33)(H2,28,29,34)/t20-,24-/m0/s1. The van der Waals surface area contributed by atoms with Crippen LogP contribution in [-0.4, -0.2) is 53.5 Å². The third kappa shape index (κ3) is 7.95. The molecule has 34 heavy (non-hydrogen) atoms. The average Bonchev–Trinajstić information content (AvgIpc) is 2.79. The summed E-state index contributed by atoms with van der Waals surface area (Å²) < 4.78 is 13.2. The molecule has 2 aromatic carbocycles. The van der Waals surface area contributed by atoms with Gasteiger partial charge in [0.25, 0.3) is 0 Å². The molecule has 8 heteroatoms. The van der Waals surface area contributed by atoms with Crippen LogP contribution in [0.3, 0.4) is 0 Å². The van der Waals surface area contributed by atoms with Crippen LogP contribution >= 0.6 is 0 Å². The Balaban J connectivity index is 1.48. The zero-order chi connectivity index (χ0) is 24.5. The number of likely N-dealkylation sites (tertiary alicyclic amines) is 1. The van der Waals surface area contributed by atoms with Crippen LogP contribution in [0.2, 0.25) is 0 Å².